The number of nitrogens with one attached hydrogen (secondary N) is 1. The number of aryl methyl sites for hydroxylation is 3. The molecule has 1 N–H and O–H groups in total. The Labute approximate surface area is 214 Å². The van der Waals surface area contributed by atoms with Crippen molar-refractivity contribution >= 4 is 52.2 Å². The van der Waals surface area contributed by atoms with Crippen LogP contribution in [0.15, 0.2) is 35.9 Å². The maximum atomic E-state index is 13.4. The molecule has 2 amide bonds. The van der Waals surface area contributed by atoms with E-state index >= 15 is 0 Å². The lowest BCUT2D eigenvalue weighted by Crippen LogP contribution is -2.54. The van der Waals surface area contributed by atoms with E-state index in [1.165, 1.54) is 9.78 Å². The van der Waals surface area contributed by atoms with Crippen LogP contribution in [0.25, 0.3) is 11.1 Å². The Kier molecular flexibility index (Phi) is 6.75. The number of carbonyl (C=O) groups is 2. The predicted molar refractivity (Wildman–Crippen MR) is 144 cm³/mol. The van der Waals surface area contributed by atoms with Crippen LogP contribution in [0.2, 0.25) is 0 Å². The van der Waals surface area contributed by atoms with Crippen molar-refractivity contribution in [2.75, 3.05) is 4.90 Å². The molecule has 0 atom stereocenters. The van der Waals surface area contributed by atoms with Crippen LogP contribution in [0.5, 0.6) is 0 Å². The third-order valence-electron chi connectivity index (χ3n) is 6.18. The number of thiocarbonyl (C=S) groups is 1. The van der Waals surface area contributed by atoms with E-state index in [0.29, 0.717) is 11.3 Å². The molecule has 178 valence electrons. The van der Waals surface area contributed by atoms with Crippen molar-refractivity contribution < 1.29 is 9.59 Å². The molecule has 1 fully saturated rings. The van der Waals surface area contributed by atoms with E-state index in [2.05, 4.69) is 18.3 Å². The van der Waals surface area contributed by atoms with Gasteiger partial charge in [-0.2, -0.15) is 5.26 Å². The topological polar surface area (TPSA) is 78.1 Å². The van der Waals surface area contributed by atoms with Crippen molar-refractivity contribution in [1.82, 2.24) is 9.88 Å². The molecule has 3 heterocycles. The van der Waals surface area contributed by atoms with Crippen LogP contribution < -0.4 is 10.2 Å². The summed E-state index contributed by atoms with van der Waals surface area (Å²) in [4.78, 5) is 28.7. The number of carbonyl (C=O) groups excluding carboxylic acids is 2. The van der Waals surface area contributed by atoms with E-state index in [9.17, 15) is 14.9 Å². The van der Waals surface area contributed by atoms with Gasteiger partial charge in [0.1, 0.15) is 16.6 Å². The Morgan fingerprint density at radius 2 is 1.83 bits per heavy atom. The Morgan fingerprint density at radius 1 is 1.14 bits per heavy atom. The molecule has 8 heteroatoms. The first-order chi connectivity index (χ1) is 16.7. The standard InChI is InChI=1S/C27H26N4O2S2/c1-6-7-23-17(4)22(14-28)26(35-23)30-16(3)12-19(18(30)5)13-21-24(32)29-27(34)31(25(21)33)20-10-8-15(2)9-11-20/h8-13H,6-7H2,1-5H3,(H,29,32,34)/b21-13-. The Bertz CT molecular complexity index is 1440. The quantitative estimate of drug-likeness (QED) is 0.287. The predicted octanol–water partition coefficient (Wildman–Crippen LogP) is 5.43. The van der Waals surface area contributed by atoms with Crippen molar-refractivity contribution in [3.63, 3.8) is 0 Å². The first-order valence-corrected chi connectivity index (χ1v) is 12.6. The summed E-state index contributed by atoms with van der Waals surface area (Å²) in [6.45, 7) is 9.97. The van der Waals surface area contributed by atoms with Crippen molar-refractivity contribution in [3.8, 4) is 11.1 Å². The second kappa shape index (κ2) is 9.61. The van der Waals surface area contributed by atoms with E-state index in [0.717, 1.165) is 45.9 Å². The summed E-state index contributed by atoms with van der Waals surface area (Å²) in [6.07, 6.45) is 3.53. The number of thiophene rings is 1. The van der Waals surface area contributed by atoms with Gasteiger partial charge >= 0.3 is 0 Å². The molecule has 35 heavy (non-hydrogen) atoms. The molecule has 0 unspecified atom stereocenters. The van der Waals surface area contributed by atoms with Crippen LogP contribution in [-0.4, -0.2) is 21.5 Å². The molecule has 0 bridgehead atoms. The van der Waals surface area contributed by atoms with Crippen molar-refractivity contribution in [3.05, 3.63) is 74.4 Å². The zero-order valence-electron chi connectivity index (χ0n) is 20.4. The summed E-state index contributed by atoms with van der Waals surface area (Å²) in [5, 5.41) is 13.4. The van der Waals surface area contributed by atoms with Gasteiger partial charge in [0.05, 0.1) is 11.3 Å². The van der Waals surface area contributed by atoms with Crippen molar-refractivity contribution in [2.45, 2.75) is 47.5 Å². The molecule has 2 aromatic heterocycles. The van der Waals surface area contributed by atoms with Crippen molar-refractivity contribution in [2.24, 2.45) is 0 Å². The Morgan fingerprint density at radius 3 is 2.46 bits per heavy atom. The smallest absolute Gasteiger partial charge is 0.270 e. The molecule has 1 saturated heterocycles. The first-order valence-electron chi connectivity index (χ1n) is 11.4. The third-order valence-corrected chi connectivity index (χ3v) is 7.80. The van der Waals surface area contributed by atoms with E-state index in [4.69, 9.17) is 12.2 Å². The minimum atomic E-state index is -0.525. The average Bonchev–Trinajstić information content (AvgIpc) is 3.26. The van der Waals surface area contributed by atoms with E-state index in [1.807, 2.05) is 50.5 Å². The van der Waals surface area contributed by atoms with Gasteiger partial charge in [0.25, 0.3) is 11.8 Å². The summed E-state index contributed by atoms with van der Waals surface area (Å²) in [5.74, 6) is -0.995. The number of hydrogen-bond donors (Lipinski definition) is 1. The zero-order chi connectivity index (χ0) is 25.4. The zero-order valence-corrected chi connectivity index (χ0v) is 22.0. The second-order valence-electron chi connectivity index (χ2n) is 8.65. The minimum absolute atomic E-state index is 0.00830. The normalized spacial score (nSPS) is 15.0. The van der Waals surface area contributed by atoms with Crippen LogP contribution in [0.4, 0.5) is 5.69 Å². The molecule has 6 nitrogen and oxygen atoms in total. The highest BCUT2D eigenvalue weighted by Crippen LogP contribution is 2.35. The Balaban J connectivity index is 1.79. The molecule has 3 aromatic rings. The fourth-order valence-electron chi connectivity index (χ4n) is 4.29. The summed E-state index contributed by atoms with van der Waals surface area (Å²) >= 11 is 6.93. The van der Waals surface area contributed by atoms with E-state index < -0.39 is 11.8 Å². The number of rotatable bonds is 5. The highest BCUT2D eigenvalue weighted by atomic mass is 32.1. The number of benzene rings is 1. The Hall–Kier alpha value is -3.54. The van der Waals surface area contributed by atoms with Crippen LogP contribution >= 0.6 is 23.6 Å². The molecule has 1 aliphatic heterocycles. The van der Waals surface area contributed by atoms with E-state index in [-0.39, 0.29) is 10.7 Å². The number of anilines is 1. The molecule has 0 spiro atoms. The number of hydrogen-bond acceptors (Lipinski definition) is 5. The molecule has 0 aliphatic carbocycles. The number of nitriles is 1. The highest BCUT2D eigenvalue weighted by Gasteiger charge is 2.34. The van der Waals surface area contributed by atoms with Gasteiger partial charge in [0, 0.05) is 16.3 Å². The van der Waals surface area contributed by atoms with Gasteiger partial charge in [-0.1, -0.05) is 31.0 Å². The number of amides is 2. The van der Waals surface area contributed by atoms with Gasteiger partial charge in [-0.25, -0.2) is 0 Å². The minimum Gasteiger partial charge on any atom is -0.308 e. The van der Waals surface area contributed by atoms with Gasteiger partial charge in [0.15, 0.2) is 5.11 Å². The fourth-order valence-corrected chi connectivity index (χ4v) is 6.04. The van der Waals surface area contributed by atoms with Crippen molar-refractivity contribution in [1.29, 1.82) is 5.26 Å². The SMILES string of the molecule is CCCc1sc(-n2c(C)cc(/C=C3/C(=O)NC(=S)N(c4ccc(C)cc4)C3=O)c2C)c(C#N)c1C. The number of nitrogens with zero attached hydrogens (tertiary/aromatic N) is 3. The van der Waals surface area contributed by atoms with Gasteiger partial charge in [-0.3, -0.25) is 19.8 Å². The third kappa shape index (κ3) is 4.33. The van der Waals surface area contributed by atoms with Crippen LogP contribution in [0.3, 0.4) is 0 Å². The van der Waals surface area contributed by atoms with Gasteiger partial charge < -0.3 is 4.57 Å². The van der Waals surface area contributed by atoms with E-state index in [1.54, 1.807) is 29.5 Å². The fraction of sp³-hybridized carbons (Fsp3) is 0.259. The maximum Gasteiger partial charge on any atom is 0.270 e. The molecule has 0 saturated carbocycles. The molecule has 4 rings (SSSR count). The lowest BCUT2D eigenvalue weighted by molar-refractivity contribution is -0.122. The second-order valence-corrected chi connectivity index (χ2v) is 10.1. The lowest BCUT2D eigenvalue weighted by atomic mass is 10.1. The molecule has 1 aliphatic rings. The summed E-state index contributed by atoms with van der Waals surface area (Å²) in [6, 6.07) is 11.7. The van der Waals surface area contributed by atoms with Crippen LogP contribution in [0.1, 0.15) is 51.9 Å². The van der Waals surface area contributed by atoms with Gasteiger partial charge in [-0.15, -0.1) is 11.3 Å². The molecule has 1 aromatic carbocycles. The molecular weight excluding hydrogens is 476 g/mol. The summed E-state index contributed by atoms with van der Waals surface area (Å²) in [5.41, 5.74) is 5.86. The number of aromatic nitrogens is 1. The van der Waals surface area contributed by atoms with Crippen LogP contribution in [0, 0.1) is 39.0 Å². The van der Waals surface area contributed by atoms with Gasteiger partial charge in [0.2, 0.25) is 0 Å². The molecule has 0 radical (unpaired) electrons. The lowest BCUT2D eigenvalue weighted by Gasteiger charge is -2.29. The highest BCUT2D eigenvalue weighted by molar-refractivity contribution is 7.80. The monoisotopic (exact) mass is 502 g/mol. The summed E-state index contributed by atoms with van der Waals surface area (Å²) < 4.78 is 2.04. The molecular formula is C27H26N4O2S2. The maximum absolute atomic E-state index is 13.4. The van der Waals surface area contributed by atoms with Gasteiger partial charge in [-0.05, 0) is 81.7 Å². The average molecular weight is 503 g/mol. The largest absolute Gasteiger partial charge is 0.308 e. The summed E-state index contributed by atoms with van der Waals surface area (Å²) in [7, 11) is 0. The first kappa shape index (κ1) is 24.6. The van der Waals surface area contributed by atoms with Crippen LogP contribution in [-0.2, 0) is 16.0 Å².